The minimum Gasteiger partial charge on any atom is -0.309 e. The highest BCUT2D eigenvalue weighted by Crippen LogP contribution is 2.55. The van der Waals surface area contributed by atoms with E-state index >= 15 is 0 Å². The van der Waals surface area contributed by atoms with Crippen LogP contribution in [0.5, 0.6) is 0 Å². The maximum atomic E-state index is 5.49. The summed E-state index contributed by atoms with van der Waals surface area (Å²) in [4.78, 5) is 12.9. The Kier molecular flexibility index (Phi) is 8.20. The van der Waals surface area contributed by atoms with Gasteiger partial charge in [0, 0.05) is 57.1 Å². The lowest BCUT2D eigenvalue weighted by Crippen LogP contribution is -2.74. The number of aromatic nitrogens is 4. The van der Waals surface area contributed by atoms with Crippen LogP contribution in [0.2, 0.25) is 0 Å². The number of imidazole rings is 1. The third kappa shape index (κ3) is 5.32. The van der Waals surface area contributed by atoms with E-state index in [-0.39, 0.29) is 5.41 Å². The Morgan fingerprint density at radius 1 is 0.446 bits per heavy atom. The summed E-state index contributed by atoms with van der Waals surface area (Å²) in [6.07, 6.45) is 6.15. The largest absolute Gasteiger partial charge is 0.309 e. The number of hydrogen-bond donors (Lipinski definition) is 0. The molecule has 13 rings (SSSR count). The van der Waals surface area contributed by atoms with Gasteiger partial charge in [0.25, 0.3) is 0 Å². The highest BCUT2D eigenvalue weighted by molar-refractivity contribution is 7.20. The van der Waals surface area contributed by atoms with Crippen LogP contribution in [0, 0.1) is 0 Å². The summed E-state index contributed by atoms with van der Waals surface area (Å²) in [5, 5.41) is 11.1. The van der Waals surface area contributed by atoms with E-state index in [1.54, 1.807) is 0 Å². The van der Waals surface area contributed by atoms with Crippen molar-refractivity contribution >= 4 is 95.1 Å². The highest BCUT2D eigenvalue weighted by atomic mass is 28.3. The van der Waals surface area contributed by atoms with E-state index in [1.807, 2.05) is 6.20 Å². The van der Waals surface area contributed by atoms with Crippen molar-refractivity contribution in [1.82, 2.24) is 18.9 Å². The number of rotatable bonds is 6. The van der Waals surface area contributed by atoms with Gasteiger partial charge in [0.2, 0.25) is 0 Å². The number of pyridine rings is 2. The quantitative estimate of drug-likeness (QED) is 0.0950. The predicted octanol–water partition coefficient (Wildman–Crippen LogP) is 11.6. The lowest BCUT2D eigenvalue weighted by Gasteiger charge is -2.42. The van der Waals surface area contributed by atoms with E-state index in [9.17, 15) is 0 Å². The topological polar surface area (TPSA) is 38.4 Å². The first-order valence-corrected chi connectivity index (χ1v) is 24.4. The maximum absolute atomic E-state index is 5.49. The van der Waals surface area contributed by atoms with Crippen molar-refractivity contribution in [2.45, 2.75) is 19.3 Å². The van der Waals surface area contributed by atoms with Crippen molar-refractivity contribution in [2.24, 2.45) is 0 Å². The Bertz CT molecular complexity index is 3780. The summed E-state index contributed by atoms with van der Waals surface area (Å²) < 4.78 is 4.64. The van der Waals surface area contributed by atoms with Gasteiger partial charge in [0.1, 0.15) is 11.3 Å². The third-order valence-corrected chi connectivity index (χ3v) is 18.9. The smallest absolute Gasteiger partial charge is 0.179 e. The fraction of sp³-hybridized carbons (Fsp3) is 0.0508. The monoisotopic (exact) mass is 849 g/mol. The molecule has 0 radical (unpaired) electrons. The van der Waals surface area contributed by atoms with Crippen molar-refractivity contribution in [2.75, 3.05) is 4.90 Å². The van der Waals surface area contributed by atoms with Crippen molar-refractivity contribution in [3.05, 3.63) is 236 Å². The molecule has 0 saturated heterocycles. The molecule has 6 heteroatoms. The maximum Gasteiger partial charge on any atom is 0.179 e. The Labute approximate surface area is 378 Å². The van der Waals surface area contributed by atoms with E-state index in [0.29, 0.717) is 0 Å². The summed E-state index contributed by atoms with van der Waals surface area (Å²) in [6.45, 7) is 4.68. The molecule has 65 heavy (non-hydrogen) atoms. The molecule has 0 aliphatic carbocycles. The summed E-state index contributed by atoms with van der Waals surface area (Å²) in [6, 6.07) is 76.2. The van der Waals surface area contributed by atoms with Gasteiger partial charge >= 0.3 is 0 Å². The first-order valence-electron chi connectivity index (χ1n) is 22.4. The minimum absolute atomic E-state index is 0.286. The zero-order valence-electron chi connectivity index (χ0n) is 36.1. The summed E-state index contributed by atoms with van der Waals surface area (Å²) in [7, 11) is -3.05. The second kappa shape index (κ2) is 14.2. The normalized spacial score (nSPS) is 13.5. The standard InChI is InChI=1S/C59H43N5Si/c1-59(2)50-29-14-17-32-54(50)63(40-19-6-3-7-20-40)56-51(59)39-61-58-55(56)48-28-13-16-31-53(48)64(58)41-21-18-26-44(37-41)65(42-22-8-4-9-23-42,43-24-10-5-11-25-43)45-33-34-46-47-27-12-15-30-52(47)62-36-35-60-57(62)49(46)38-45/h3-39H,1-2H3. The second-order valence-corrected chi connectivity index (χ2v) is 21.6. The Morgan fingerprint density at radius 3 is 1.83 bits per heavy atom. The van der Waals surface area contributed by atoms with Crippen LogP contribution in [-0.2, 0) is 5.41 Å². The van der Waals surface area contributed by atoms with Gasteiger partial charge in [0.05, 0.1) is 27.8 Å². The van der Waals surface area contributed by atoms with E-state index in [1.165, 1.54) is 59.4 Å². The molecule has 5 nitrogen and oxygen atoms in total. The Hall–Kier alpha value is -8.06. The van der Waals surface area contributed by atoms with Gasteiger partial charge < -0.3 is 4.90 Å². The van der Waals surface area contributed by atoms with Crippen molar-refractivity contribution in [1.29, 1.82) is 0 Å². The summed E-state index contributed by atoms with van der Waals surface area (Å²) in [5.41, 5.74) is 11.0. The van der Waals surface area contributed by atoms with Crippen molar-refractivity contribution in [3.63, 3.8) is 0 Å². The molecule has 8 aromatic carbocycles. The van der Waals surface area contributed by atoms with Gasteiger partial charge in [-0.3, -0.25) is 8.97 Å². The first kappa shape index (κ1) is 37.5. The van der Waals surface area contributed by atoms with Crippen LogP contribution < -0.4 is 25.6 Å². The van der Waals surface area contributed by atoms with Gasteiger partial charge in [-0.05, 0) is 74.2 Å². The molecular formula is C59H43N5Si. The van der Waals surface area contributed by atoms with E-state index < -0.39 is 8.07 Å². The average molecular weight is 850 g/mol. The molecule has 5 heterocycles. The predicted molar refractivity (Wildman–Crippen MR) is 273 cm³/mol. The molecule has 0 amide bonds. The molecule has 0 spiro atoms. The SMILES string of the molecule is CC1(C)c2ccccc2N(c2ccccc2)c2c1cnc1c2c2ccccc2n1-c1cccc([Si](c2ccccc2)(c2ccccc2)c2ccc3c4ccccc4n4ccnc4c3c2)c1. The van der Waals surface area contributed by atoms with Crippen molar-refractivity contribution < 1.29 is 0 Å². The van der Waals surface area contributed by atoms with Crippen LogP contribution in [0.25, 0.3) is 54.9 Å². The van der Waals surface area contributed by atoms with Crippen LogP contribution in [-0.4, -0.2) is 27.0 Å². The molecule has 0 fully saturated rings. The molecule has 0 saturated carbocycles. The third-order valence-electron chi connectivity index (χ3n) is 14.1. The molecule has 0 N–H and O–H groups in total. The minimum atomic E-state index is -3.05. The lowest BCUT2D eigenvalue weighted by atomic mass is 9.73. The molecule has 0 bridgehead atoms. The van der Waals surface area contributed by atoms with Crippen LogP contribution >= 0.6 is 0 Å². The molecule has 4 aromatic heterocycles. The van der Waals surface area contributed by atoms with Gasteiger partial charge in [0.15, 0.2) is 8.07 Å². The molecule has 0 atom stereocenters. The van der Waals surface area contributed by atoms with Crippen molar-refractivity contribution in [3.8, 4) is 5.69 Å². The van der Waals surface area contributed by atoms with Crippen LogP contribution in [0.1, 0.15) is 25.0 Å². The number of anilines is 3. The molecule has 1 aliphatic heterocycles. The molecule has 12 aromatic rings. The fourth-order valence-corrected chi connectivity index (χ4v) is 16.0. The molecule has 0 unspecified atom stereocenters. The first-order chi connectivity index (χ1) is 32.0. The summed E-state index contributed by atoms with van der Waals surface area (Å²) in [5.74, 6) is 0. The van der Waals surface area contributed by atoms with Gasteiger partial charge in [-0.15, -0.1) is 0 Å². The Morgan fingerprint density at radius 2 is 1.06 bits per heavy atom. The van der Waals surface area contributed by atoms with Crippen LogP contribution in [0.3, 0.4) is 0 Å². The van der Waals surface area contributed by atoms with Crippen LogP contribution in [0.15, 0.2) is 225 Å². The van der Waals surface area contributed by atoms with E-state index in [2.05, 4.69) is 246 Å². The van der Waals surface area contributed by atoms with E-state index in [4.69, 9.17) is 9.97 Å². The number of benzene rings is 8. The number of fused-ring (bicyclic) bond motifs is 12. The fourth-order valence-electron chi connectivity index (χ4n) is 11.2. The van der Waals surface area contributed by atoms with Gasteiger partial charge in [-0.1, -0.05) is 178 Å². The molecular weight excluding hydrogens is 807 g/mol. The number of para-hydroxylation sites is 4. The van der Waals surface area contributed by atoms with Gasteiger partial charge in [-0.25, -0.2) is 9.97 Å². The average Bonchev–Trinajstić information content (AvgIpc) is 4.00. The van der Waals surface area contributed by atoms with Crippen LogP contribution in [0.4, 0.5) is 17.1 Å². The lowest BCUT2D eigenvalue weighted by molar-refractivity contribution is 0.630. The zero-order chi connectivity index (χ0) is 43.3. The van der Waals surface area contributed by atoms with E-state index in [0.717, 1.165) is 44.5 Å². The molecule has 1 aliphatic rings. The Balaban J connectivity index is 1.11. The number of hydrogen-bond acceptors (Lipinski definition) is 3. The summed E-state index contributed by atoms with van der Waals surface area (Å²) >= 11 is 0. The molecule has 308 valence electrons. The zero-order valence-corrected chi connectivity index (χ0v) is 37.1. The van der Waals surface area contributed by atoms with Gasteiger partial charge in [-0.2, -0.15) is 0 Å². The second-order valence-electron chi connectivity index (χ2n) is 17.8. The highest BCUT2D eigenvalue weighted by Gasteiger charge is 2.43. The number of nitrogens with zero attached hydrogens (tertiary/aromatic N) is 5.